The van der Waals surface area contributed by atoms with E-state index in [1.807, 2.05) is 0 Å². The standard InChI is InChI=1S/C21H19N3O7S/c1-2-30-17-9-13(10-18-20(26)23(11-19(22)25)21(27)32-18)6-7-16(17)31-12-14-4-3-5-15(8-14)24(28)29/h3-10H,2,11-12H2,1H3,(H2,22,25)/b18-10-. The number of carbonyl (C=O) groups is 3. The van der Waals surface area contributed by atoms with Gasteiger partial charge in [-0.2, -0.15) is 0 Å². The van der Waals surface area contributed by atoms with E-state index in [0.717, 1.165) is 4.90 Å². The summed E-state index contributed by atoms with van der Waals surface area (Å²) in [5.74, 6) is -0.555. The van der Waals surface area contributed by atoms with Crippen LogP contribution < -0.4 is 15.2 Å². The number of ether oxygens (including phenoxy) is 2. The van der Waals surface area contributed by atoms with Crippen molar-refractivity contribution >= 4 is 40.6 Å². The SMILES string of the molecule is CCOc1cc(/C=C2\SC(=O)N(CC(N)=O)C2=O)ccc1OCc1cccc([N+](=O)[O-])c1. The molecule has 11 heteroatoms. The zero-order chi connectivity index (χ0) is 23.3. The van der Waals surface area contributed by atoms with Gasteiger partial charge in [-0.3, -0.25) is 29.4 Å². The van der Waals surface area contributed by atoms with Crippen molar-refractivity contribution in [1.29, 1.82) is 0 Å². The van der Waals surface area contributed by atoms with Gasteiger partial charge < -0.3 is 15.2 Å². The fourth-order valence-electron chi connectivity index (χ4n) is 2.87. The number of rotatable bonds is 9. The first kappa shape index (κ1) is 22.8. The molecule has 1 heterocycles. The van der Waals surface area contributed by atoms with E-state index in [-0.39, 0.29) is 17.2 Å². The summed E-state index contributed by atoms with van der Waals surface area (Å²) in [6.07, 6.45) is 1.51. The lowest BCUT2D eigenvalue weighted by Gasteiger charge is -2.13. The molecule has 0 radical (unpaired) electrons. The molecule has 1 fully saturated rings. The monoisotopic (exact) mass is 457 g/mol. The van der Waals surface area contributed by atoms with Gasteiger partial charge in [-0.1, -0.05) is 18.2 Å². The minimum absolute atomic E-state index is 0.0308. The number of nitrogens with zero attached hydrogens (tertiary/aromatic N) is 2. The van der Waals surface area contributed by atoms with Gasteiger partial charge in [-0.15, -0.1) is 0 Å². The second-order valence-corrected chi connectivity index (χ2v) is 7.58. The molecule has 32 heavy (non-hydrogen) atoms. The predicted molar refractivity (Wildman–Crippen MR) is 117 cm³/mol. The fourth-order valence-corrected chi connectivity index (χ4v) is 3.70. The number of imide groups is 1. The third-order valence-electron chi connectivity index (χ3n) is 4.27. The van der Waals surface area contributed by atoms with Crippen molar-refractivity contribution < 1.29 is 28.8 Å². The van der Waals surface area contributed by atoms with E-state index in [0.29, 0.717) is 41.0 Å². The lowest BCUT2D eigenvalue weighted by molar-refractivity contribution is -0.384. The number of hydrogen-bond donors (Lipinski definition) is 1. The number of nitrogens with two attached hydrogens (primary N) is 1. The Morgan fingerprint density at radius 2 is 1.97 bits per heavy atom. The Labute approximate surface area is 187 Å². The van der Waals surface area contributed by atoms with Crippen LogP contribution in [0.15, 0.2) is 47.4 Å². The summed E-state index contributed by atoms with van der Waals surface area (Å²) in [6.45, 7) is 1.77. The van der Waals surface area contributed by atoms with Crippen molar-refractivity contribution in [1.82, 2.24) is 4.90 Å². The third-order valence-corrected chi connectivity index (χ3v) is 5.18. The number of nitro benzene ring substituents is 1. The van der Waals surface area contributed by atoms with E-state index in [4.69, 9.17) is 15.2 Å². The van der Waals surface area contributed by atoms with E-state index < -0.39 is 28.5 Å². The van der Waals surface area contributed by atoms with E-state index in [1.54, 1.807) is 37.3 Å². The van der Waals surface area contributed by atoms with Crippen LogP contribution in [0.2, 0.25) is 0 Å². The number of primary amides is 1. The molecule has 0 atom stereocenters. The third kappa shape index (κ3) is 5.43. The molecule has 0 aromatic heterocycles. The second-order valence-electron chi connectivity index (χ2n) is 6.59. The van der Waals surface area contributed by atoms with Crippen LogP contribution in [0.25, 0.3) is 6.08 Å². The maximum atomic E-state index is 12.4. The highest BCUT2D eigenvalue weighted by molar-refractivity contribution is 8.18. The summed E-state index contributed by atoms with van der Waals surface area (Å²) >= 11 is 0.717. The topological polar surface area (TPSA) is 142 Å². The Kier molecular flexibility index (Phi) is 7.11. The van der Waals surface area contributed by atoms with Gasteiger partial charge in [0.05, 0.1) is 16.4 Å². The lowest BCUT2D eigenvalue weighted by atomic mass is 10.1. The fraction of sp³-hybridized carbons (Fsp3) is 0.190. The number of carbonyl (C=O) groups excluding carboxylic acids is 3. The lowest BCUT2D eigenvalue weighted by Crippen LogP contribution is -2.36. The summed E-state index contributed by atoms with van der Waals surface area (Å²) in [6, 6.07) is 11.1. The van der Waals surface area contributed by atoms with Crippen molar-refractivity contribution in [2.75, 3.05) is 13.2 Å². The molecule has 3 rings (SSSR count). The van der Waals surface area contributed by atoms with Gasteiger partial charge in [0.15, 0.2) is 11.5 Å². The molecule has 10 nitrogen and oxygen atoms in total. The maximum Gasteiger partial charge on any atom is 0.294 e. The average molecular weight is 457 g/mol. The first-order valence-electron chi connectivity index (χ1n) is 9.45. The zero-order valence-corrected chi connectivity index (χ0v) is 17.8. The first-order valence-corrected chi connectivity index (χ1v) is 10.3. The quantitative estimate of drug-likeness (QED) is 0.344. The summed E-state index contributed by atoms with van der Waals surface area (Å²) in [7, 11) is 0. The molecule has 0 bridgehead atoms. The molecule has 2 N–H and O–H groups in total. The van der Waals surface area contributed by atoms with Gasteiger partial charge in [-0.05, 0) is 48.0 Å². The number of thioether (sulfide) groups is 1. The number of non-ortho nitro benzene ring substituents is 1. The smallest absolute Gasteiger partial charge is 0.294 e. The molecule has 166 valence electrons. The highest BCUT2D eigenvalue weighted by Gasteiger charge is 2.35. The van der Waals surface area contributed by atoms with Crippen LogP contribution in [-0.2, 0) is 16.2 Å². The van der Waals surface area contributed by atoms with Crippen LogP contribution >= 0.6 is 11.8 Å². The molecule has 3 amide bonds. The Hall–Kier alpha value is -3.86. The summed E-state index contributed by atoms with van der Waals surface area (Å²) in [5.41, 5.74) is 6.25. The van der Waals surface area contributed by atoms with Crippen LogP contribution in [-0.4, -0.2) is 40.0 Å². The maximum absolute atomic E-state index is 12.4. The van der Waals surface area contributed by atoms with E-state index in [1.165, 1.54) is 18.2 Å². The highest BCUT2D eigenvalue weighted by atomic mass is 32.2. The van der Waals surface area contributed by atoms with Crippen LogP contribution in [0.5, 0.6) is 11.5 Å². The molecule has 1 saturated heterocycles. The highest BCUT2D eigenvalue weighted by Crippen LogP contribution is 2.35. The number of nitro groups is 1. The Morgan fingerprint density at radius 1 is 1.19 bits per heavy atom. The van der Waals surface area contributed by atoms with Crippen molar-refractivity contribution in [3.05, 3.63) is 68.6 Å². The molecule has 1 aliphatic rings. The number of hydrogen-bond acceptors (Lipinski definition) is 8. The molecular weight excluding hydrogens is 438 g/mol. The normalized spacial score (nSPS) is 14.7. The first-order chi connectivity index (χ1) is 15.3. The minimum Gasteiger partial charge on any atom is -0.490 e. The molecule has 0 saturated carbocycles. The average Bonchev–Trinajstić information content (AvgIpc) is 3.00. The molecule has 2 aromatic carbocycles. The molecule has 2 aromatic rings. The van der Waals surface area contributed by atoms with Crippen molar-refractivity contribution in [3.8, 4) is 11.5 Å². The number of amides is 3. The molecule has 0 aliphatic carbocycles. The van der Waals surface area contributed by atoms with E-state index in [2.05, 4.69) is 0 Å². The van der Waals surface area contributed by atoms with Crippen LogP contribution in [0.3, 0.4) is 0 Å². The minimum atomic E-state index is -0.780. The molecular formula is C21H19N3O7S. The summed E-state index contributed by atoms with van der Waals surface area (Å²) < 4.78 is 11.4. The Morgan fingerprint density at radius 3 is 2.66 bits per heavy atom. The number of benzene rings is 2. The van der Waals surface area contributed by atoms with Gasteiger partial charge in [0.2, 0.25) is 5.91 Å². The van der Waals surface area contributed by atoms with Crippen LogP contribution in [0.4, 0.5) is 10.5 Å². The molecule has 0 unspecified atom stereocenters. The Bertz CT molecular complexity index is 1120. The predicted octanol–water partition coefficient (Wildman–Crippen LogP) is 3.09. The van der Waals surface area contributed by atoms with Gasteiger partial charge in [0.1, 0.15) is 13.2 Å². The summed E-state index contributed by atoms with van der Waals surface area (Å²) in [5, 5.41) is 10.4. The van der Waals surface area contributed by atoms with Gasteiger partial charge in [0, 0.05) is 12.1 Å². The van der Waals surface area contributed by atoms with E-state index in [9.17, 15) is 24.5 Å². The Balaban J connectivity index is 1.79. The van der Waals surface area contributed by atoms with Gasteiger partial charge in [-0.25, -0.2) is 0 Å². The zero-order valence-electron chi connectivity index (χ0n) is 17.0. The van der Waals surface area contributed by atoms with Crippen molar-refractivity contribution in [3.63, 3.8) is 0 Å². The molecule has 1 aliphatic heterocycles. The van der Waals surface area contributed by atoms with Crippen LogP contribution in [0, 0.1) is 10.1 Å². The van der Waals surface area contributed by atoms with Gasteiger partial charge >= 0.3 is 0 Å². The second kappa shape index (κ2) is 9.96. The van der Waals surface area contributed by atoms with Gasteiger partial charge in [0.25, 0.3) is 16.8 Å². The largest absolute Gasteiger partial charge is 0.490 e. The van der Waals surface area contributed by atoms with Crippen molar-refractivity contribution in [2.45, 2.75) is 13.5 Å². The summed E-state index contributed by atoms with van der Waals surface area (Å²) in [4.78, 5) is 46.8. The molecule has 0 spiro atoms. The van der Waals surface area contributed by atoms with E-state index >= 15 is 0 Å². The van der Waals surface area contributed by atoms with Crippen LogP contribution in [0.1, 0.15) is 18.1 Å². The van der Waals surface area contributed by atoms with Crippen molar-refractivity contribution in [2.24, 2.45) is 5.73 Å².